The maximum Gasteiger partial charge on any atom is 0.224 e. The molecule has 2 rings (SSSR count). The number of rotatable bonds is 5. The van der Waals surface area contributed by atoms with Gasteiger partial charge in [0.15, 0.2) is 0 Å². The standard InChI is InChI=1S/C15H20N4O/c1-11-14(12(2)19(3)18-11)10-15(20)17-9-7-13-6-4-5-8-16-13/h4-6,8H,7,9-10H2,1-3H3,(H,17,20). The molecule has 0 spiro atoms. The van der Waals surface area contributed by atoms with Crippen molar-refractivity contribution in [3.8, 4) is 0 Å². The summed E-state index contributed by atoms with van der Waals surface area (Å²) in [6, 6.07) is 5.80. The molecule has 106 valence electrons. The Kier molecular flexibility index (Phi) is 4.50. The van der Waals surface area contributed by atoms with Crippen molar-refractivity contribution in [1.82, 2.24) is 20.1 Å². The first-order valence-corrected chi connectivity index (χ1v) is 6.73. The molecule has 20 heavy (non-hydrogen) atoms. The number of carbonyl (C=O) groups is 1. The Hall–Kier alpha value is -2.17. The Labute approximate surface area is 119 Å². The highest BCUT2D eigenvalue weighted by atomic mass is 16.1. The fourth-order valence-corrected chi connectivity index (χ4v) is 2.17. The molecule has 1 amide bonds. The van der Waals surface area contributed by atoms with Gasteiger partial charge in [-0.1, -0.05) is 6.07 Å². The number of carbonyl (C=O) groups excluding carboxylic acids is 1. The zero-order valence-electron chi connectivity index (χ0n) is 12.2. The van der Waals surface area contributed by atoms with Crippen molar-refractivity contribution in [2.45, 2.75) is 26.7 Å². The van der Waals surface area contributed by atoms with E-state index in [2.05, 4.69) is 15.4 Å². The molecule has 0 bridgehead atoms. The Bertz CT molecular complexity index is 589. The third kappa shape index (κ3) is 3.44. The summed E-state index contributed by atoms with van der Waals surface area (Å²) in [4.78, 5) is 16.2. The number of hydrogen-bond acceptors (Lipinski definition) is 3. The van der Waals surface area contributed by atoms with Crippen LogP contribution in [-0.4, -0.2) is 27.2 Å². The summed E-state index contributed by atoms with van der Waals surface area (Å²) in [5, 5.41) is 7.25. The second kappa shape index (κ2) is 6.32. The van der Waals surface area contributed by atoms with Gasteiger partial charge in [-0.2, -0.15) is 5.10 Å². The van der Waals surface area contributed by atoms with Gasteiger partial charge >= 0.3 is 0 Å². The largest absolute Gasteiger partial charge is 0.355 e. The highest BCUT2D eigenvalue weighted by Gasteiger charge is 2.12. The van der Waals surface area contributed by atoms with E-state index in [9.17, 15) is 4.79 Å². The molecule has 0 aromatic carbocycles. The first-order valence-electron chi connectivity index (χ1n) is 6.73. The lowest BCUT2D eigenvalue weighted by Crippen LogP contribution is -2.27. The number of hydrogen-bond donors (Lipinski definition) is 1. The number of amides is 1. The number of nitrogens with zero attached hydrogens (tertiary/aromatic N) is 3. The lowest BCUT2D eigenvalue weighted by Gasteiger charge is -2.05. The molecule has 0 unspecified atom stereocenters. The highest BCUT2D eigenvalue weighted by Crippen LogP contribution is 2.12. The van der Waals surface area contributed by atoms with Gasteiger partial charge in [-0.05, 0) is 26.0 Å². The van der Waals surface area contributed by atoms with Gasteiger partial charge in [0.1, 0.15) is 0 Å². The van der Waals surface area contributed by atoms with Crippen molar-refractivity contribution in [3.63, 3.8) is 0 Å². The normalized spacial score (nSPS) is 10.6. The topological polar surface area (TPSA) is 59.8 Å². The third-order valence-corrected chi connectivity index (χ3v) is 3.43. The fraction of sp³-hybridized carbons (Fsp3) is 0.400. The van der Waals surface area contributed by atoms with Crippen LogP contribution < -0.4 is 5.32 Å². The van der Waals surface area contributed by atoms with Crippen LogP contribution in [0.5, 0.6) is 0 Å². The monoisotopic (exact) mass is 272 g/mol. The average Bonchev–Trinajstić information content (AvgIpc) is 2.67. The second-order valence-corrected chi connectivity index (χ2v) is 4.87. The Morgan fingerprint density at radius 3 is 2.75 bits per heavy atom. The molecule has 5 heteroatoms. The molecule has 1 N–H and O–H groups in total. The van der Waals surface area contributed by atoms with Crippen molar-refractivity contribution in [2.75, 3.05) is 6.54 Å². The molecule has 0 fully saturated rings. The molecule has 0 atom stereocenters. The molecule has 0 saturated carbocycles. The van der Waals surface area contributed by atoms with Crippen molar-refractivity contribution in [1.29, 1.82) is 0 Å². The number of pyridine rings is 1. The maximum absolute atomic E-state index is 11.9. The van der Waals surface area contributed by atoms with Gasteiger partial charge in [-0.15, -0.1) is 0 Å². The molecular weight excluding hydrogens is 252 g/mol. The smallest absolute Gasteiger partial charge is 0.224 e. The Morgan fingerprint density at radius 1 is 1.35 bits per heavy atom. The van der Waals surface area contributed by atoms with E-state index < -0.39 is 0 Å². The summed E-state index contributed by atoms with van der Waals surface area (Å²) < 4.78 is 1.81. The summed E-state index contributed by atoms with van der Waals surface area (Å²) in [7, 11) is 1.89. The average molecular weight is 272 g/mol. The van der Waals surface area contributed by atoms with E-state index in [-0.39, 0.29) is 5.91 Å². The van der Waals surface area contributed by atoms with Crippen molar-refractivity contribution >= 4 is 5.91 Å². The van der Waals surface area contributed by atoms with Crippen LogP contribution in [0.3, 0.4) is 0 Å². The minimum Gasteiger partial charge on any atom is -0.355 e. The van der Waals surface area contributed by atoms with Crippen LogP contribution in [0.2, 0.25) is 0 Å². The summed E-state index contributed by atoms with van der Waals surface area (Å²) >= 11 is 0. The molecule has 2 aromatic heterocycles. The lowest BCUT2D eigenvalue weighted by atomic mass is 10.1. The Balaban J connectivity index is 1.84. The molecule has 2 aromatic rings. The van der Waals surface area contributed by atoms with Gasteiger partial charge in [-0.25, -0.2) is 0 Å². The van der Waals surface area contributed by atoms with Crippen LogP contribution in [0, 0.1) is 13.8 Å². The predicted molar refractivity (Wildman–Crippen MR) is 77.3 cm³/mol. The van der Waals surface area contributed by atoms with Crippen LogP contribution in [0.15, 0.2) is 24.4 Å². The van der Waals surface area contributed by atoms with E-state index >= 15 is 0 Å². The molecule has 0 radical (unpaired) electrons. The zero-order valence-corrected chi connectivity index (χ0v) is 12.2. The highest BCUT2D eigenvalue weighted by molar-refractivity contribution is 5.79. The lowest BCUT2D eigenvalue weighted by molar-refractivity contribution is -0.120. The molecule has 5 nitrogen and oxygen atoms in total. The van der Waals surface area contributed by atoms with Crippen LogP contribution in [0.25, 0.3) is 0 Å². The molecule has 0 aliphatic rings. The van der Waals surface area contributed by atoms with E-state index in [4.69, 9.17) is 0 Å². The van der Waals surface area contributed by atoms with Crippen LogP contribution in [0.4, 0.5) is 0 Å². The molecule has 0 aliphatic heterocycles. The van der Waals surface area contributed by atoms with E-state index in [1.54, 1.807) is 6.20 Å². The quantitative estimate of drug-likeness (QED) is 0.893. The zero-order chi connectivity index (χ0) is 14.5. The van der Waals surface area contributed by atoms with Crippen LogP contribution in [0.1, 0.15) is 22.6 Å². The molecule has 0 saturated heterocycles. The molecular formula is C15H20N4O. The van der Waals surface area contributed by atoms with E-state index in [0.29, 0.717) is 13.0 Å². The minimum absolute atomic E-state index is 0.0279. The van der Waals surface area contributed by atoms with Crippen molar-refractivity contribution in [2.24, 2.45) is 7.05 Å². The van der Waals surface area contributed by atoms with E-state index in [1.807, 2.05) is 43.8 Å². The van der Waals surface area contributed by atoms with Gasteiger partial charge in [0, 0.05) is 43.2 Å². The van der Waals surface area contributed by atoms with E-state index in [1.165, 1.54) is 0 Å². The van der Waals surface area contributed by atoms with Gasteiger partial charge < -0.3 is 5.32 Å². The Morgan fingerprint density at radius 2 is 2.15 bits per heavy atom. The van der Waals surface area contributed by atoms with Gasteiger partial charge in [-0.3, -0.25) is 14.5 Å². The number of nitrogens with one attached hydrogen (secondary N) is 1. The first-order chi connectivity index (χ1) is 9.58. The van der Waals surface area contributed by atoms with Crippen LogP contribution in [-0.2, 0) is 24.7 Å². The third-order valence-electron chi connectivity index (χ3n) is 3.43. The summed E-state index contributed by atoms with van der Waals surface area (Å²) in [6.45, 7) is 4.52. The summed E-state index contributed by atoms with van der Waals surface area (Å²) in [5.74, 6) is 0.0279. The molecule has 0 aliphatic carbocycles. The second-order valence-electron chi connectivity index (χ2n) is 4.87. The minimum atomic E-state index is 0.0279. The van der Waals surface area contributed by atoms with Crippen molar-refractivity contribution < 1.29 is 4.79 Å². The fourth-order valence-electron chi connectivity index (χ4n) is 2.17. The van der Waals surface area contributed by atoms with Gasteiger partial charge in [0.25, 0.3) is 0 Å². The molecule has 2 heterocycles. The van der Waals surface area contributed by atoms with Gasteiger partial charge in [0.2, 0.25) is 5.91 Å². The SMILES string of the molecule is Cc1nn(C)c(C)c1CC(=O)NCCc1ccccn1. The maximum atomic E-state index is 11.9. The predicted octanol–water partition coefficient (Wildman–Crippen LogP) is 1.33. The first kappa shape index (κ1) is 14.2. The van der Waals surface area contributed by atoms with E-state index in [0.717, 1.165) is 29.1 Å². The number of aryl methyl sites for hydroxylation is 2. The van der Waals surface area contributed by atoms with Crippen molar-refractivity contribution in [3.05, 3.63) is 47.0 Å². The summed E-state index contributed by atoms with van der Waals surface area (Å²) in [6.07, 6.45) is 2.89. The summed E-state index contributed by atoms with van der Waals surface area (Å²) in [5.41, 5.74) is 3.97. The number of aromatic nitrogens is 3. The van der Waals surface area contributed by atoms with Gasteiger partial charge in [0.05, 0.1) is 12.1 Å². The van der Waals surface area contributed by atoms with Crippen LogP contribution >= 0.6 is 0 Å².